The molecule has 0 atom stereocenters. The number of nitriles is 1. The molecule has 0 heterocycles. The molecular formula is C19H14F2N2O4. The smallest absolute Gasteiger partial charge is 0.387 e. The molecule has 0 bridgehead atoms. The number of halogens is 2. The molecule has 2 aromatic carbocycles. The van der Waals surface area contributed by atoms with E-state index in [9.17, 15) is 18.4 Å². The summed E-state index contributed by atoms with van der Waals surface area (Å²) in [6, 6.07) is 13.8. The van der Waals surface area contributed by atoms with Gasteiger partial charge in [-0.05, 0) is 48.0 Å². The number of rotatable bonds is 7. The lowest BCUT2D eigenvalue weighted by Crippen LogP contribution is -2.20. The van der Waals surface area contributed by atoms with Crippen LogP contribution in [0.1, 0.15) is 11.1 Å². The molecule has 6 nitrogen and oxygen atoms in total. The maximum Gasteiger partial charge on any atom is 0.387 e. The van der Waals surface area contributed by atoms with Gasteiger partial charge in [0.15, 0.2) is 6.61 Å². The standard InChI is InChI=1S/C19H14F2N2O4/c20-19(21)27-16-8-6-15(7-9-16)23-17(24)12-26-18(25)10-5-13-1-3-14(11-22)4-2-13/h1-10,19H,12H2,(H,23,24)/b10-5+. The second-order valence-corrected chi connectivity index (χ2v) is 5.13. The summed E-state index contributed by atoms with van der Waals surface area (Å²) in [5.74, 6) is -1.34. The van der Waals surface area contributed by atoms with Crippen molar-refractivity contribution in [1.29, 1.82) is 5.26 Å². The summed E-state index contributed by atoms with van der Waals surface area (Å²) in [6.45, 7) is -3.44. The lowest BCUT2D eigenvalue weighted by molar-refractivity contribution is -0.142. The monoisotopic (exact) mass is 372 g/mol. The van der Waals surface area contributed by atoms with Gasteiger partial charge in [-0.1, -0.05) is 12.1 Å². The number of nitrogens with one attached hydrogen (secondary N) is 1. The first-order valence-electron chi connectivity index (χ1n) is 7.66. The van der Waals surface area contributed by atoms with Crippen LogP contribution < -0.4 is 10.1 Å². The molecule has 2 aromatic rings. The van der Waals surface area contributed by atoms with E-state index in [0.717, 1.165) is 6.08 Å². The molecule has 0 saturated heterocycles. The Morgan fingerprint density at radius 1 is 1.11 bits per heavy atom. The second-order valence-electron chi connectivity index (χ2n) is 5.13. The maximum atomic E-state index is 12.1. The summed E-state index contributed by atoms with van der Waals surface area (Å²) in [4.78, 5) is 23.3. The molecule has 27 heavy (non-hydrogen) atoms. The van der Waals surface area contributed by atoms with Crippen molar-refractivity contribution in [3.63, 3.8) is 0 Å². The van der Waals surface area contributed by atoms with E-state index in [-0.39, 0.29) is 5.75 Å². The van der Waals surface area contributed by atoms with Crippen molar-refractivity contribution < 1.29 is 27.8 Å². The van der Waals surface area contributed by atoms with Crippen molar-refractivity contribution in [3.8, 4) is 11.8 Å². The molecule has 0 radical (unpaired) electrons. The number of nitrogens with zero attached hydrogens (tertiary/aromatic N) is 1. The minimum atomic E-state index is -2.93. The summed E-state index contributed by atoms with van der Waals surface area (Å²) in [5.41, 5.74) is 1.53. The quantitative estimate of drug-likeness (QED) is 0.595. The van der Waals surface area contributed by atoms with Crippen LogP contribution >= 0.6 is 0 Å². The zero-order valence-corrected chi connectivity index (χ0v) is 13.9. The van der Waals surface area contributed by atoms with Crippen LogP contribution in [-0.2, 0) is 14.3 Å². The first-order valence-corrected chi connectivity index (χ1v) is 7.66. The van der Waals surface area contributed by atoms with Crippen LogP contribution in [-0.4, -0.2) is 25.1 Å². The number of amides is 1. The largest absolute Gasteiger partial charge is 0.452 e. The first-order chi connectivity index (χ1) is 13.0. The number of benzene rings is 2. The predicted molar refractivity (Wildman–Crippen MR) is 92.9 cm³/mol. The predicted octanol–water partition coefficient (Wildman–Crippen LogP) is 3.35. The van der Waals surface area contributed by atoms with E-state index in [1.807, 2.05) is 6.07 Å². The number of alkyl halides is 2. The van der Waals surface area contributed by atoms with Gasteiger partial charge in [-0.3, -0.25) is 4.79 Å². The Hall–Kier alpha value is -3.73. The molecule has 0 spiro atoms. The Morgan fingerprint density at radius 2 is 1.78 bits per heavy atom. The van der Waals surface area contributed by atoms with E-state index >= 15 is 0 Å². The highest BCUT2D eigenvalue weighted by molar-refractivity contribution is 5.94. The second kappa shape index (κ2) is 9.68. The van der Waals surface area contributed by atoms with Crippen LogP contribution in [0.25, 0.3) is 6.08 Å². The lowest BCUT2D eigenvalue weighted by atomic mass is 10.1. The molecule has 0 saturated carbocycles. The van der Waals surface area contributed by atoms with E-state index < -0.39 is 25.1 Å². The van der Waals surface area contributed by atoms with Gasteiger partial charge in [0, 0.05) is 11.8 Å². The Morgan fingerprint density at radius 3 is 2.37 bits per heavy atom. The van der Waals surface area contributed by atoms with Crippen LogP contribution in [0.4, 0.5) is 14.5 Å². The average molecular weight is 372 g/mol. The van der Waals surface area contributed by atoms with Gasteiger partial charge in [-0.2, -0.15) is 14.0 Å². The van der Waals surface area contributed by atoms with Crippen molar-refractivity contribution in [2.24, 2.45) is 0 Å². The van der Waals surface area contributed by atoms with Gasteiger partial charge in [0.05, 0.1) is 11.6 Å². The molecule has 1 N–H and O–H groups in total. The van der Waals surface area contributed by atoms with E-state index in [2.05, 4.69) is 10.1 Å². The number of carbonyl (C=O) groups is 2. The Bertz CT molecular complexity index is 857. The summed E-state index contributed by atoms with van der Waals surface area (Å²) < 4.78 is 33.1. The van der Waals surface area contributed by atoms with E-state index in [1.54, 1.807) is 24.3 Å². The molecule has 1 amide bonds. The lowest BCUT2D eigenvalue weighted by Gasteiger charge is -2.07. The van der Waals surface area contributed by atoms with Crippen LogP contribution in [0.3, 0.4) is 0 Å². The Balaban J connectivity index is 1.78. The zero-order chi connectivity index (χ0) is 19.6. The van der Waals surface area contributed by atoms with Crippen LogP contribution in [0.2, 0.25) is 0 Å². The van der Waals surface area contributed by atoms with E-state index in [0.29, 0.717) is 16.8 Å². The molecule has 2 rings (SSSR count). The Labute approximate surface area is 153 Å². The van der Waals surface area contributed by atoms with Gasteiger partial charge in [0.1, 0.15) is 5.75 Å². The van der Waals surface area contributed by atoms with E-state index in [4.69, 9.17) is 10.00 Å². The maximum absolute atomic E-state index is 12.1. The van der Waals surface area contributed by atoms with Gasteiger partial charge in [-0.25, -0.2) is 4.79 Å². The number of anilines is 1. The molecule has 0 aromatic heterocycles. The molecule has 0 aliphatic heterocycles. The van der Waals surface area contributed by atoms with Crippen molar-refractivity contribution in [1.82, 2.24) is 0 Å². The fraction of sp³-hybridized carbons (Fsp3) is 0.105. The SMILES string of the molecule is N#Cc1ccc(/C=C/C(=O)OCC(=O)Nc2ccc(OC(F)F)cc2)cc1. The number of ether oxygens (including phenoxy) is 2. The first kappa shape index (κ1) is 19.6. The molecule has 0 fully saturated rings. The van der Waals surface area contributed by atoms with Crippen molar-refractivity contribution >= 4 is 23.6 Å². The highest BCUT2D eigenvalue weighted by atomic mass is 19.3. The fourth-order valence-electron chi connectivity index (χ4n) is 1.93. The van der Waals surface area contributed by atoms with Gasteiger partial charge in [0.25, 0.3) is 5.91 Å². The van der Waals surface area contributed by atoms with Crippen LogP contribution in [0, 0.1) is 11.3 Å². The molecule has 0 aliphatic rings. The summed E-state index contributed by atoms with van der Waals surface area (Å²) in [6.07, 6.45) is 2.65. The highest BCUT2D eigenvalue weighted by Gasteiger charge is 2.07. The summed E-state index contributed by atoms with van der Waals surface area (Å²) >= 11 is 0. The van der Waals surface area contributed by atoms with Crippen LogP contribution in [0.15, 0.2) is 54.6 Å². The topological polar surface area (TPSA) is 88.4 Å². The normalized spacial score (nSPS) is 10.4. The summed E-state index contributed by atoms with van der Waals surface area (Å²) in [5, 5.41) is 11.2. The molecule has 0 aliphatic carbocycles. The van der Waals surface area contributed by atoms with Gasteiger partial charge < -0.3 is 14.8 Å². The van der Waals surface area contributed by atoms with E-state index in [1.165, 1.54) is 30.3 Å². The van der Waals surface area contributed by atoms with Crippen molar-refractivity contribution in [2.45, 2.75) is 6.61 Å². The fourth-order valence-corrected chi connectivity index (χ4v) is 1.93. The number of hydrogen-bond donors (Lipinski definition) is 1. The molecule has 0 unspecified atom stereocenters. The minimum absolute atomic E-state index is 0.0395. The molecular weight excluding hydrogens is 358 g/mol. The number of esters is 1. The van der Waals surface area contributed by atoms with Gasteiger partial charge >= 0.3 is 12.6 Å². The van der Waals surface area contributed by atoms with Gasteiger partial charge in [-0.15, -0.1) is 0 Å². The molecule has 8 heteroatoms. The average Bonchev–Trinajstić information content (AvgIpc) is 2.66. The Kier molecular flexibility index (Phi) is 7.02. The third-order valence-corrected chi connectivity index (χ3v) is 3.16. The third-order valence-electron chi connectivity index (χ3n) is 3.16. The van der Waals surface area contributed by atoms with Crippen LogP contribution in [0.5, 0.6) is 5.75 Å². The van der Waals surface area contributed by atoms with Crippen molar-refractivity contribution in [2.75, 3.05) is 11.9 Å². The number of carbonyl (C=O) groups excluding carboxylic acids is 2. The minimum Gasteiger partial charge on any atom is -0.452 e. The van der Waals surface area contributed by atoms with Crippen molar-refractivity contribution in [3.05, 3.63) is 65.7 Å². The number of hydrogen-bond acceptors (Lipinski definition) is 5. The zero-order valence-electron chi connectivity index (χ0n) is 13.9. The highest BCUT2D eigenvalue weighted by Crippen LogP contribution is 2.17. The van der Waals surface area contributed by atoms with Gasteiger partial charge in [0.2, 0.25) is 0 Å². The molecule has 138 valence electrons. The summed E-state index contributed by atoms with van der Waals surface area (Å²) in [7, 11) is 0. The third kappa shape index (κ3) is 6.96.